The maximum atomic E-state index is 13.6. The van der Waals surface area contributed by atoms with Gasteiger partial charge in [-0.15, -0.1) is 0 Å². The number of nitriles is 2. The number of aromatic nitrogens is 6. The highest BCUT2D eigenvalue weighted by atomic mass is 16.8. The normalized spacial score (nSPS) is 37.6. The van der Waals surface area contributed by atoms with Gasteiger partial charge in [-0.2, -0.15) is 20.7 Å². The Kier molecular flexibility index (Phi) is 9.02. The molecule has 10 rings (SSSR count). The third-order valence-corrected chi connectivity index (χ3v) is 12.2. The van der Waals surface area contributed by atoms with Gasteiger partial charge < -0.3 is 58.8 Å². The molecule has 0 aliphatic carbocycles. The van der Waals surface area contributed by atoms with Crippen molar-refractivity contribution in [2.45, 2.75) is 137 Å². The minimum absolute atomic E-state index is 0.00605. The highest BCUT2D eigenvalue weighted by molar-refractivity contribution is 5.66. The van der Waals surface area contributed by atoms with E-state index >= 15 is 0 Å². The molecule has 0 radical (unpaired) electrons. The average Bonchev–Trinajstić information content (AvgIpc) is 4.08. The van der Waals surface area contributed by atoms with Gasteiger partial charge in [0.25, 0.3) is 0 Å². The molecule has 12 atom stereocenters. The van der Waals surface area contributed by atoms with Crippen LogP contribution in [-0.2, 0) is 47.4 Å². The SMILES string of the molecule is CC1(C)OC2C(O1)[C@](C#N)(CC1OCC[C@@H]1OC(=O)O[C@H]1CCOC1C[C@]1(C#N)O[C@@H](c3ccc4c(N)ncnn34)C3OC(C)(C)OC31)O[C@H]2c1ccc2c(N)ncnn12. The Morgan fingerprint density at radius 1 is 0.717 bits per heavy atom. The van der Waals surface area contributed by atoms with Crippen molar-refractivity contribution in [3.8, 4) is 12.1 Å². The van der Waals surface area contributed by atoms with E-state index in [1.54, 1.807) is 61.0 Å². The first kappa shape index (κ1) is 38.9. The highest BCUT2D eigenvalue weighted by Gasteiger charge is 2.67. The Labute approximate surface area is 342 Å². The summed E-state index contributed by atoms with van der Waals surface area (Å²) < 4.78 is 65.7. The lowest BCUT2D eigenvalue weighted by atomic mass is 9.88. The van der Waals surface area contributed by atoms with E-state index < -0.39 is 90.0 Å². The lowest BCUT2D eigenvalue weighted by Gasteiger charge is -2.32. The monoisotopic (exact) mass is 828 g/mol. The predicted molar refractivity (Wildman–Crippen MR) is 200 cm³/mol. The minimum Gasteiger partial charge on any atom is -0.428 e. The lowest BCUT2D eigenvalue weighted by molar-refractivity contribution is -0.205. The summed E-state index contributed by atoms with van der Waals surface area (Å²) in [6, 6.07) is 11.9. The van der Waals surface area contributed by atoms with Crippen LogP contribution in [0, 0.1) is 22.7 Å². The molecule has 10 heterocycles. The highest BCUT2D eigenvalue weighted by Crippen LogP contribution is 2.54. The third-order valence-electron chi connectivity index (χ3n) is 12.2. The van der Waals surface area contributed by atoms with Crippen LogP contribution in [0.25, 0.3) is 11.0 Å². The predicted octanol–water partition coefficient (Wildman–Crippen LogP) is 2.59. The molecule has 4 aromatic rings. The van der Waals surface area contributed by atoms with Gasteiger partial charge in [0.1, 0.15) is 84.7 Å². The van der Waals surface area contributed by atoms with Crippen molar-refractivity contribution >= 4 is 28.8 Å². The summed E-state index contributed by atoms with van der Waals surface area (Å²) in [6.07, 6.45) is -5.23. The van der Waals surface area contributed by atoms with Crippen molar-refractivity contribution in [3.05, 3.63) is 48.3 Å². The van der Waals surface area contributed by atoms with Crippen LogP contribution in [0.2, 0.25) is 0 Å². The topological polar surface area (TPSA) is 269 Å². The second kappa shape index (κ2) is 13.9. The number of nitrogen functional groups attached to an aromatic ring is 2. The first-order valence-corrected chi connectivity index (χ1v) is 19.9. The largest absolute Gasteiger partial charge is 0.509 e. The number of carbonyl (C=O) groups excluding carboxylic acids is 1. The van der Waals surface area contributed by atoms with E-state index in [4.69, 9.17) is 58.8 Å². The molecule has 4 N–H and O–H groups in total. The van der Waals surface area contributed by atoms with Crippen LogP contribution < -0.4 is 11.5 Å². The molecule has 4 aromatic heterocycles. The second-order valence-corrected chi connectivity index (χ2v) is 16.9. The lowest BCUT2D eigenvalue weighted by Crippen LogP contribution is -2.47. The number of carbonyl (C=O) groups is 1. The van der Waals surface area contributed by atoms with Gasteiger partial charge in [0.2, 0.25) is 0 Å². The molecule has 0 bridgehead atoms. The minimum atomic E-state index is -1.56. The maximum Gasteiger partial charge on any atom is 0.509 e. The third kappa shape index (κ3) is 6.22. The zero-order chi connectivity index (χ0) is 41.8. The number of ether oxygens (including phenoxy) is 10. The van der Waals surface area contributed by atoms with Gasteiger partial charge in [-0.25, -0.2) is 23.8 Å². The van der Waals surface area contributed by atoms with Crippen LogP contribution >= 0.6 is 0 Å². The fourth-order valence-electron chi connectivity index (χ4n) is 9.68. The van der Waals surface area contributed by atoms with E-state index in [1.807, 2.05) is 0 Å². The first-order valence-electron chi connectivity index (χ1n) is 19.9. The average molecular weight is 829 g/mol. The molecule has 21 heteroatoms. The zero-order valence-electron chi connectivity index (χ0n) is 33.2. The molecule has 316 valence electrons. The van der Waals surface area contributed by atoms with Crippen molar-refractivity contribution < 1.29 is 52.2 Å². The first-order chi connectivity index (χ1) is 28.7. The molecular formula is C39H44N10O11. The van der Waals surface area contributed by atoms with Gasteiger partial charge in [-0.05, 0) is 52.0 Å². The summed E-state index contributed by atoms with van der Waals surface area (Å²) in [5, 5.41) is 30.3. The quantitative estimate of drug-likeness (QED) is 0.242. The molecule has 6 aliphatic heterocycles. The Balaban J connectivity index is 0.840. The molecule has 6 saturated heterocycles. The van der Waals surface area contributed by atoms with E-state index in [9.17, 15) is 15.3 Å². The molecular weight excluding hydrogens is 784 g/mol. The number of hydrogen-bond donors (Lipinski definition) is 2. The number of nitrogens with zero attached hydrogens (tertiary/aromatic N) is 8. The van der Waals surface area contributed by atoms with Crippen LogP contribution in [0.15, 0.2) is 36.9 Å². The summed E-state index contributed by atoms with van der Waals surface area (Å²) >= 11 is 0. The van der Waals surface area contributed by atoms with Crippen LogP contribution in [0.1, 0.15) is 77.0 Å². The number of nitrogens with two attached hydrogens (primary N) is 2. The van der Waals surface area contributed by atoms with Gasteiger partial charge in [-0.3, -0.25) is 0 Å². The Morgan fingerprint density at radius 2 is 1.15 bits per heavy atom. The number of hydrogen-bond acceptors (Lipinski definition) is 19. The summed E-state index contributed by atoms with van der Waals surface area (Å²) in [4.78, 5) is 21.7. The summed E-state index contributed by atoms with van der Waals surface area (Å²) in [6.45, 7) is 7.61. The fourth-order valence-corrected chi connectivity index (χ4v) is 9.68. The van der Waals surface area contributed by atoms with E-state index in [0.29, 0.717) is 35.3 Å². The molecule has 0 aromatic carbocycles. The van der Waals surface area contributed by atoms with Crippen molar-refractivity contribution in [1.29, 1.82) is 10.5 Å². The second-order valence-electron chi connectivity index (χ2n) is 16.9. The molecule has 0 spiro atoms. The van der Waals surface area contributed by atoms with E-state index in [0.717, 1.165) is 0 Å². The zero-order valence-corrected chi connectivity index (χ0v) is 33.2. The van der Waals surface area contributed by atoms with Crippen LogP contribution in [-0.4, -0.2) is 120 Å². The van der Waals surface area contributed by atoms with E-state index in [-0.39, 0.29) is 37.7 Å². The Hall–Kier alpha value is -5.23. The van der Waals surface area contributed by atoms with Crippen LogP contribution in [0.5, 0.6) is 0 Å². The molecule has 60 heavy (non-hydrogen) atoms. The molecule has 0 saturated carbocycles. The maximum absolute atomic E-state index is 13.6. The van der Waals surface area contributed by atoms with Gasteiger partial charge >= 0.3 is 6.16 Å². The van der Waals surface area contributed by atoms with E-state index in [2.05, 4.69) is 32.3 Å². The number of fused-ring (bicyclic) bond motifs is 4. The smallest absolute Gasteiger partial charge is 0.428 e. The summed E-state index contributed by atoms with van der Waals surface area (Å²) in [7, 11) is 0. The van der Waals surface area contributed by atoms with Gasteiger partial charge in [0, 0.05) is 25.7 Å². The van der Waals surface area contributed by atoms with Crippen LogP contribution in [0.3, 0.4) is 0 Å². The Morgan fingerprint density at radius 3 is 1.57 bits per heavy atom. The molecule has 6 unspecified atom stereocenters. The number of rotatable bonds is 8. The fraction of sp³-hybridized carbons (Fsp3) is 0.615. The molecule has 6 aliphatic rings. The standard InChI is InChI=1S/C39H44N10O11/c1-36(2)55-29-27(19-5-7-21-33(42)44-17-46-48(19)21)57-38(15-40,31(29)59-36)13-25-23(9-11-51-25)53-35(50)54-24-10-12-52-26(24)14-39(16-41)32-30(56-37(3,4)60-32)28(58-39)20-6-8-22-34(43)45-18-47-49(20)22/h5-8,17-18,23-32H,9-14H2,1-4H3,(H2,42,44,46)(H2,43,45,47)/t23-,24-,25?,26?,27-,28-,29?,30?,31?,32?,38+,39+/m0/s1. The Bertz CT molecular complexity index is 2270. The van der Waals surface area contributed by atoms with Crippen molar-refractivity contribution in [1.82, 2.24) is 29.2 Å². The van der Waals surface area contributed by atoms with Gasteiger partial charge in [0.15, 0.2) is 34.4 Å². The van der Waals surface area contributed by atoms with Gasteiger partial charge in [0.05, 0.1) is 36.8 Å². The van der Waals surface area contributed by atoms with Crippen molar-refractivity contribution in [2.24, 2.45) is 0 Å². The van der Waals surface area contributed by atoms with Gasteiger partial charge in [-0.1, -0.05) is 0 Å². The molecule has 6 fully saturated rings. The van der Waals surface area contributed by atoms with Crippen LogP contribution in [0.4, 0.5) is 16.4 Å². The summed E-state index contributed by atoms with van der Waals surface area (Å²) in [5.41, 5.74) is 11.4. The van der Waals surface area contributed by atoms with E-state index in [1.165, 1.54) is 12.7 Å². The summed E-state index contributed by atoms with van der Waals surface area (Å²) in [5.74, 6) is -1.49. The van der Waals surface area contributed by atoms with Crippen molar-refractivity contribution in [3.63, 3.8) is 0 Å². The molecule has 0 amide bonds. The molecule has 21 nitrogen and oxygen atoms in total. The van der Waals surface area contributed by atoms with Crippen molar-refractivity contribution in [2.75, 3.05) is 24.7 Å². The number of anilines is 2.